The summed E-state index contributed by atoms with van der Waals surface area (Å²) in [4.78, 5) is 12.9. The lowest BCUT2D eigenvalue weighted by Crippen LogP contribution is -2.66. The first-order chi connectivity index (χ1) is 7.40. The van der Waals surface area contributed by atoms with Crippen LogP contribution in [0, 0.1) is 0 Å². The molecule has 0 aliphatic carbocycles. The van der Waals surface area contributed by atoms with E-state index in [0.717, 1.165) is 0 Å². The number of aliphatic hydroxyl groups excluding tert-OH is 3. The lowest BCUT2D eigenvalue weighted by molar-refractivity contribution is -0.167. The largest absolute Gasteiger partial charge is 0.389 e. The molecular formula is C9H18N2O5. The minimum atomic E-state index is -1.43. The van der Waals surface area contributed by atoms with E-state index in [9.17, 15) is 20.1 Å². The van der Waals surface area contributed by atoms with Crippen molar-refractivity contribution >= 4 is 5.91 Å². The molecule has 1 aliphatic heterocycles. The van der Waals surface area contributed by atoms with Crippen LogP contribution >= 0.6 is 0 Å². The molecule has 16 heavy (non-hydrogen) atoms. The number of nitrogens with zero attached hydrogens (tertiary/aromatic N) is 1. The van der Waals surface area contributed by atoms with Gasteiger partial charge in [0.15, 0.2) is 0 Å². The lowest BCUT2D eigenvalue weighted by Gasteiger charge is -2.44. The molecule has 1 fully saturated rings. The van der Waals surface area contributed by atoms with Crippen LogP contribution in [0.1, 0.15) is 13.8 Å². The van der Waals surface area contributed by atoms with Gasteiger partial charge in [-0.25, -0.2) is 5.48 Å². The highest BCUT2D eigenvalue weighted by Crippen LogP contribution is 2.21. The molecule has 0 saturated carbocycles. The number of aliphatic hydroxyl groups is 3. The third kappa shape index (κ3) is 2.33. The number of hydrogen-bond donors (Lipinski definition) is 5. The van der Waals surface area contributed by atoms with Gasteiger partial charge >= 0.3 is 0 Å². The highest BCUT2D eigenvalue weighted by atomic mass is 16.5. The van der Waals surface area contributed by atoms with Gasteiger partial charge in [0, 0.05) is 12.6 Å². The van der Waals surface area contributed by atoms with E-state index in [1.807, 2.05) is 0 Å². The van der Waals surface area contributed by atoms with Crippen molar-refractivity contribution in [2.24, 2.45) is 0 Å². The van der Waals surface area contributed by atoms with Gasteiger partial charge in [0.25, 0.3) is 5.91 Å². The molecule has 4 atom stereocenters. The summed E-state index contributed by atoms with van der Waals surface area (Å²) in [6, 6.07) is -1.18. The molecule has 0 aromatic heterocycles. The van der Waals surface area contributed by atoms with Crippen molar-refractivity contribution in [2.45, 2.75) is 44.2 Å². The zero-order chi connectivity index (χ0) is 12.5. The first-order valence-electron chi connectivity index (χ1n) is 5.14. The van der Waals surface area contributed by atoms with Crippen molar-refractivity contribution in [2.75, 3.05) is 6.54 Å². The highest BCUT2D eigenvalue weighted by molar-refractivity contribution is 5.81. The van der Waals surface area contributed by atoms with Crippen molar-refractivity contribution in [3.8, 4) is 0 Å². The molecule has 0 unspecified atom stereocenters. The monoisotopic (exact) mass is 234 g/mol. The molecule has 94 valence electrons. The van der Waals surface area contributed by atoms with E-state index < -0.39 is 30.3 Å². The molecule has 0 bridgehead atoms. The zero-order valence-electron chi connectivity index (χ0n) is 9.24. The Morgan fingerprint density at radius 1 is 1.31 bits per heavy atom. The number of hydroxylamine groups is 1. The molecule has 0 spiro atoms. The van der Waals surface area contributed by atoms with Gasteiger partial charge in [-0.2, -0.15) is 0 Å². The van der Waals surface area contributed by atoms with Crippen molar-refractivity contribution in [3.05, 3.63) is 0 Å². The molecule has 0 radical (unpaired) electrons. The third-order valence-electron chi connectivity index (χ3n) is 2.86. The molecule has 7 nitrogen and oxygen atoms in total. The predicted molar refractivity (Wildman–Crippen MR) is 53.6 cm³/mol. The molecule has 1 rings (SSSR count). The predicted octanol–water partition coefficient (Wildman–Crippen LogP) is -2.33. The van der Waals surface area contributed by atoms with E-state index in [1.165, 1.54) is 10.4 Å². The lowest BCUT2D eigenvalue weighted by atomic mass is 9.92. The third-order valence-corrected chi connectivity index (χ3v) is 2.86. The van der Waals surface area contributed by atoms with Crippen LogP contribution < -0.4 is 5.48 Å². The Bertz CT molecular complexity index is 260. The summed E-state index contributed by atoms with van der Waals surface area (Å²) >= 11 is 0. The molecule has 1 amide bonds. The van der Waals surface area contributed by atoms with Crippen LogP contribution in [0.25, 0.3) is 0 Å². The second-order valence-corrected chi connectivity index (χ2v) is 4.26. The first kappa shape index (κ1) is 13.3. The fraction of sp³-hybridized carbons (Fsp3) is 0.889. The topological polar surface area (TPSA) is 113 Å². The minimum Gasteiger partial charge on any atom is -0.389 e. The number of nitrogens with one attached hydrogen (secondary N) is 1. The Kier molecular flexibility index (Phi) is 4.22. The van der Waals surface area contributed by atoms with E-state index >= 15 is 0 Å². The standard InChI is InChI=1S/C9H18N2O5/c1-4(2)11-3-5(12)7(13)8(14)6(11)9(15)10-16/h4-8,12-14,16H,3H2,1-2H3,(H,10,15)/t5-,6+,7+,8+/m0/s1. The van der Waals surface area contributed by atoms with Crippen molar-refractivity contribution in [1.29, 1.82) is 0 Å². The number of carbonyl (C=O) groups excluding carboxylic acids is 1. The number of amides is 1. The van der Waals surface area contributed by atoms with E-state index in [1.54, 1.807) is 13.8 Å². The van der Waals surface area contributed by atoms with Gasteiger partial charge in [-0.1, -0.05) is 0 Å². The molecule has 1 aliphatic rings. The van der Waals surface area contributed by atoms with Gasteiger partial charge in [0.1, 0.15) is 18.2 Å². The number of piperidine rings is 1. The average molecular weight is 234 g/mol. The number of hydrogen-bond acceptors (Lipinski definition) is 6. The zero-order valence-corrected chi connectivity index (χ0v) is 9.24. The van der Waals surface area contributed by atoms with Crippen LogP contribution in [0.15, 0.2) is 0 Å². The quantitative estimate of drug-likeness (QED) is 0.270. The second kappa shape index (κ2) is 5.07. The number of likely N-dealkylation sites (tertiary alicyclic amines) is 1. The fourth-order valence-corrected chi connectivity index (χ4v) is 1.95. The van der Waals surface area contributed by atoms with Crippen LogP contribution in [0.3, 0.4) is 0 Å². The van der Waals surface area contributed by atoms with Crippen LogP contribution in [0.4, 0.5) is 0 Å². The smallest absolute Gasteiger partial charge is 0.263 e. The van der Waals surface area contributed by atoms with Gasteiger partial charge in [-0.15, -0.1) is 0 Å². The van der Waals surface area contributed by atoms with Gasteiger partial charge < -0.3 is 15.3 Å². The van der Waals surface area contributed by atoms with E-state index in [0.29, 0.717) is 0 Å². The van der Waals surface area contributed by atoms with E-state index in [-0.39, 0.29) is 12.6 Å². The maximum atomic E-state index is 11.4. The number of carbonyl (C=O) groups is 1. The highest BCUT2D eigenvalue weighted by Gasteiger charge is 2.45. The summed E-state index contributed by atoms with van der Waals surface area (Å²) in [5.74, 6) is -0.799. The van der Waals surface area contributed by atoms with Crippen LogP contribution in [-0.2, 0) is 4.79 Å². The first-order valence-corrected chi connectivity index (χ1v) is 5.14. The molecule has 1 heterocycles. The molecular weight excluding hydrogens is 216 g/mol. The van der Waals surface area contributed by atoms with Crippen LogP contribution in [0.2, 0.25) is 0 Å². The van der Waals surface area contributed by atoms with Crippen LogP contribution in [-0.4, -0.2) is 68.3 Å². The fourth-order valence-electron chi connectivity index (χ4n) is 1.95. The Labute approximate surface area is 93.3 Å². The molecule has 7 heteroatoms. The number of rotatable bonds is 2. The second-order valence-electron chi connectivity index (χ2n) is 4.26. The maximum Gasteiger partial charge on any atom is 0.263 e. The molecule has 1 saturated heterocycles. The van der Waals surface area contributed by atoms with E-state index in [2.05, 4.69) is 0 Å². The minimum absolute atomic E-state index is 0.0635. The Hall–Kier alpha value is -0.730. The summed E-state index contributed by atoms with van der Waals surface area (Å²) < 4.78 is 0. The van der Waals surface area contributed by atoms with Crippen molar-refractivity contribution in [1.82, 2.24) is 10.4 Å². The Morgan fingerprint density at radius 3 is 2.31 bits per heavy atom. The van der Waals surface area contributed by atoms with Gasteiger partial charge in [-0.05, 0) is 13.8 Å². The SMILES string of the molecule is CC(C)N1C[C@H](O)[C@@H](O)[C@H](O)[C@@H]1C(=O)NO. The van der Waals surface area contributed by atoms with Crippen molar-refractivity contribution < 1.29 is 25.3 Å². The van der Waals surface area contributed by atoms with E-state index in [4.69, 9.17) is 5.21 Å². The van der Waals surface area contributed by atoms with Gasteiger partial charge in [-0.3, -0.25) is 14.9 Å². The van der Waals surface area contributed by atoms with Gasteiger partial charge in [0.05, 0.1) is 6.10 Å². The normalized spacial score (nSPS) is 36.4. The molecule has 0 aromatic carbocycles. The van der Waals surface area contributed by atoms with Crippen LogP contribution in [0.5, 0.6) is 0 Å². The summed E-state index contributed by atoms with van der Waals surface area (Å²) in [6.07, 6.45) is -3.93. The summed E-state index contributed by atoms with van der Waals surface area (Å²) in [7, 11) is 0. The molecule has 5 N–H and O–H groups in total. The summed E-state index contributed by atoms with van der Waals surface area (Å²) in [5.41, 5.74) is 1.45. The van der Waals surface area contributed by atoms with Gasteiger partial charge in [0.2, 0.25) is 0 Å². The maximum absolute atomic E-state index is 11.4. The molecule has 0 aromatic rings. The number of β-amino-alcohol motifs (C(OH)–C–C–N with tert-alkyl or cyclic N) is 1. The average Bonchev–Trinajstić information content (AvgIpc) is 2.24. The van der Waals surface area contributed by atoms with Crippen molar-refractivity contribution in [3.63, 3.8) is 0 Å². The summed E-state index contributed by atoms with van der Waals surface area (Å²) in [6.45, 7) is 3.64. The Morgan fingerprint density at radius 2 is 1.88 bits per heavy atom. The summed E-state index contributed by atoms with van der Waals surface area (Å²) in [5, 5.41) is 37.2. The Balaban J connectivity index is 2.93.